The molecule has 2 aromatic rings. The van der Waals surface area contributed by atoms with Crippen molar-refractivity contribution in [3.63, 3.8) is 0 Å². The second-order valence-electron chi connectivity index (χ2n) is 5.22. The number of carbonyl (C=O) groups excluding carboxylic acids is 2. The van der Waals surface area contributed by atoms with Crippen molar-refractivity contribution in [1.29, 1.82) is 0 Å². The van der Waals surface area contributed by atoms with Gasteiger partial charge in [-0.2, -0.15) is 0 Å². The number of ether oxygens (including phenoxy) is 3. The Morgan fingerprint density at radius 3 is 2.59 bits per heavy atom. The van der Waals surface area contributed by atoms with Gasteiger partial charge >= 0.3 is 5.97 Å². The summed E-state index contributed by atoms with van der Waals surface area (Å²) >= 11 is 5.81. The molecule has 6 nitrogen and oxygen atoms in total. The average Bonchev–Trinajstić information content (AvgIpc) is 2.66. The molecule has 27 heavy (non-hydrogen) atoms. The summed E-state index contributed by atoms with van der Waals surface area (Å²) in [5.74, 6) is -0.714. The Morgan fingerprint density at radius 2 is 1.93 bits per heavy atom. The van der Waals surface area contributed by atoms with Gasteiger partial charge in [0, 0.05) is 17.7 Å². The minimum atomic E-state index is -0.715. The summed E-state index contributed by atoms with van der Waals surface area (Å²) in [6, 6.07) is 8.63. The van der Waals surface area contributed by atoms with Crippen molar-refractivity contribution in [1.82, 2.24) is 0 Å². The molecule has 2 aromatic carbocycles. The van der Waals surface area contributed by atoms with Gasteiger partial charge in [0.2, 0.25) is 0 Å². The minimum Gasteiger partial charge on any atom is -0.497 e. The van der Waals surface area contributed by atoms with Crippen LogP contribution in [0.2, 0.25) is 5.02 Å². The van der Waals surface area contributed by atoms with E-state index in [1.54, 1.807) is 18.2 Å². The molecule has 1 N–H and O–H groups in total. The molecule has 0 radical (unpaired) electrons. The van der Waals surface area contributed by atoms with Crippen molar-refractivity contribution in [2.45, 2.75) is 0 Å². The van der Waals surface area contributed by atoms with E-state index >= 15 is 0 Å². The van der Waals surface area contributed by atoms with Crippen molar-refractivity contribution < 1.29 is 28.2 Å². The lowest BCUT2D eigenvalue weighted by Gasteiger charge is -2.08. The van der Waals surface area contributed by atoms with Gasteiger partial charge in [0.1, 0.15) is 17.3 Å². The first kappa shape index (κ1) is 20.3. The van der Waals surface area contributed by atoms with Gasteiger partial charge in [-0.05, 0) is 36.4 Å². The highest BCUT2D eigenvalue weighted by molar-refractivity contribution is 6.33. The third kappa shape index (κ3) is 6.00. The van der Waals surface area contributed by atoms with Crippen LogP contribution in [0, 0.1) is 5.82 Å². The summed E-state index contributed by atoms with van der Waals surface area (Å²) in [5, 5.41) is 2.47. The standard InChI is InChI=1S/C19H17ClFNO5/c1-25-14-6-3-12(17(10-14)26-2)4-8-19(24)27-11-18(23)22-16-7-5-13(21)9-15(16)20/h3-10H,11H2,1-2H3,(H,22,23)/b8-4+. The number of anilines is 1. The van der Waals surface area contributed by atoms with Crippen LogP contribution in [0.15, 0.2) is 42.5 Å². The molecule has 142 valence electrons. The number of benzene rings is 2. The van der Waals surface area contributed by atoms with Crippen LogP contribution in [-0.2, 0) is 14.3 Å². The molecule has 0 fully saturated rings. The normalized spacial score (nSPS) is 10.5. The van der Waals surface area contributed by atoms with Crippen LogP contribution in [0.1, 0.15) is 5.56 Å². The molecule has 0 aliphatic heterocycles. The molecule has 0 saturated carbocycles. The molecule has 0 spiro atoms. The number of halogens is 2. The molecule has 0 heterocycles. The number of rotatable bonds is 7. The Balaban J connectivity index is 1.90. The zero-order valence-corrected chi connectivity index (χ0v) is 15.4. The summed E-state index contributed by atoms with van der Waals surface area (Å²) in [6.07, 6.45) is 2.66. The lowest BCUT2D eigenvalue weighted by atomic mass is 10.2. The van der Waals surface area contributed by atoms with Gasteiger partial charge in [0.15, 0.2) is 6.61 Å². The highest BCUT2D eigenvalue weighted by Gasteiger charge is 2.09. The maximum Gasteiger partial charge on any atom is 0.331 e. The predicted octanol–water partition coefficient (Wildman–Crippen LogP) is 3.69. The van der Waals surface area contributed by atoms with Gasteiger partial charge in [-0.3, -0.25) is 4.79 Å². The Labute approximate surface area is 160 Å². The second-order valence-corrected chi connectivity index (χ2v) is 5.63. The maximum absolute atomic E-state index is 13.0. The van der Waals surface area contributed by atoms with Crippen LogP contribution < -0.4 is 14.8 Å². The van der Waals surface area contributed by atoms with Gasteiger partial charge in [0.05, 0.1) is 24.9 Å². The Kier molecular flexibility index (Phi) is 7.19. The van der Waals surface area contributed by atoms with Gasteiger partial charge in [-0.1, -0.05) is 11.6 Å². The molecule has 1 amide bonds. The van der Waals surface area contributed by atoms with Crippen LogP contribution in [0.25, 0.3) is 6.08 Å². The first-order chi connectivity index (χ1) is 12.9. The van der Waals surface area contributed by atoms with Gasteiger partial charge < -0.3 is 19.5 Å². The van der Waals surface area contributed by atoms with Crippen molar-refractivity contribution in [2.75, 3.05) is 26.1 Å². The lowest BCUT2D eigenvalue weighted by Crippen LogP contribution is -2.20. The fourth-order valence-electron chi connectivity index (χ4n) is 2.08. The summed E-state index contributed by atoms with van der Waals surface area (Å²) in [4.78, 5) is 23.6. The van der Waals surface area contributed by atoms with E-state index in [2.05, 4.69) is 5.32 Å². The molecule has 0 bridgehead atoms. The molecule has 0 aliphatic rings. The van der Waals surface area contributed by atoms with Crippen LogP contribution in [0.4, 0.5) is 10.1 Å². The van der Waals surface area contributed by atoms with Gasteiger partial charge in [-0.15, -0.1) is 0 Å². The van der Waals surface area contributed by atoms with Crippen molar-refractivity contribution >= 4 is 35.2 Å². The largest absolute Gasteiger partial charge is 0.497 e. The quantitative estimate of drug-likeness (QED) is 0.573. The van der Waals surface area contributed by atoms with Crippen molar-refractivity contribution in [3.8, 4) is 11.5 Å². The topological polar surface area (TPSA) is 73.9 Å². The molecular formula is C19H17ClFNO5. The lowest BCUT2D eigenvalue weighted by molar-refractivity contribution is -0.142. The van der Waals surface area contributed by atoms with E-state index in [0.29, 0.717) is 17.1 Å². The summed E-state index contributed by atoms with van der Waals surface area (Å²) in [5.41, 5.74) is 0.857. The SMILES string of the molecule is COc1ccc(/C=C/C(=O)OCC(=O)Nc2ccc(F)cc2Cl)c(OC)c1. The van der Waals surface area contributed by atoms with E-state index in [9.17, 15) is 14.0 Å². The highest BCUT2D eigenvalue weighted by Crippen LogP contribution is 2.25. The monoisotopic (exact) mass is 393 g/mol. The fourth-order valence-corrected chi connectivity index (χ4v) is 2.29. The van der Waals surface area contributed by atoms with E-state index in [0.717, 1.165) is 12.1 Å². The van der Waals surface area contributed by atoms with Crippen LogP contribution >= 0.6 is 11.6 Å². The zero-order valence-electron chi connectivity index (χ0n) is 14.6. The Bertz CT molecular complexity index is 869. The van der Waals surface area contributed by atoms with Crippen LogP contribution in [0.3, 0.4) is 0 Å². The minimum absolute atomic E-state index is 0.0428. The van der Waals surface area contributed by atoms with Crippen LogP contribution in [-0.4, -0.2) is 32.7 Å². The highest BCUT2D eigenvalue weighted by atomic mass is 35.5. The molecule has 2 rings (SSSR count). The summed E-state index contributed by atoms with van der Waals surface area (Å²) in [6.45, 7) is -0.517. The van der Waals surface area contributed by atoms with E-state index in [-0.39, 0.29) is 10.7 Å². The Hall–Kier alpha value is -3.06. The van der Waals surface area contributed by atoms with Gasteiger partial charge in [0.25, 0.3) is 5.91 Å². The maximum atomic E-state index is 13.0. The van der Waals surface area contributed by atoms with Crippen molar-refractivity contribution in [2.24, 2.45) is 0 Å². The van der Waals surface area contributed by atoms with Crippen LogP contribution in [0.5, 0.6) is 11.5 Å². The van der Waals surface area contributed by atoms with Gasteiger partial charge in [-0.25, -0.2) is 9.18 Å². The third-order valence-corrected chi connectivity index (χ3v) is 3.70. The Morgan fingerprint density at radius 1 is 1.15 bits per heavy atom. The number of nitrogens with one attached hydrogen (secondary N) is 1. The number of carbonyl (C=O) groups is 2. The molecule has 0 unspecified atom stereocenters. The first-order valence-corrected chi connectivity index (χ1v) is 8.12. The predicted molar refractivity (Wildman–Crippen MR) is 99.6 cm³/mol. The number of hydrogen-bond acceptors (Lipinski definition) is 5. The molecule has 0 aliphatic carbocycles. The number of methoxy groups -OCH3 is 2. The fraction of sp³-hybridized carbons (Fsp3) is 0.158. The summed E-state index contributed by atoms with van der Waals surface area (Å²) in [7, 11) is 3.03. The first-order valence-electron chi connectivity index (χ1n) is 7.74. The number of hydrogen-bond donors (Lipinski definition) is 1. The van der Waals surface area contributed by atoms with Crippen molar-refractivity contribution in [3.05, 3.63) is 58.9 Å². The summed E-state index contributed by atoms with van der Waals surface area (Å²) < 4.78 is 28.1. The third-order valence-electron chi connectivity index (χ3n) is 3.39. The zero-order chi connectivity index (χ0) is 19.8. The molecular weight excluding hydrogens is 377 g/mol. The van der Waals surface area contributed by atoms with E-state index in [1.165, 1.54) is 32.4 Å². The van der Waals surface area contributed by atoms with E-state index in [1.807, 2.05) is 0 Å². The second kappa shape index (κ2) is 9.59. The molecule has 0 atom stereocenters. The number of esters is 1. The molecule has 8 heteroatoms. The molecule has 0 saturated heterocycles. The van der Waals surface area contributed by atoms with E-state index < -0.39 is 24.3 Å². The average molecular weight is 394 g/mol. The number of amides is 1. The smallest absolute Gasteiger partial charge is 0.331 e. The van der Waals surface area contributed by atoms with E-state index in [4.69, 9.17) is 25.8 Å². The molecule has 0 aromatic heterocycles.